The average Bonchev–Trinajstić information content (AvgIpc) is 3.02. The lowest BCUT2D eigenvalue weighted by molar-refractivity contribution is -0.118. The number of rotatable bonds is 9. The van der Waals surface area contributed by atoms with Gasteiger partial charge < -0.3 is 28.9 Å². The van der Waals surface area contributed by atoms with E-state index < -0.39 is 5.60 Å². The first-order valence-electron chi connectivity index (χ1n) is 16.6. The minimum atomic E-state index is -0.477. The molecule has 0 saturated carbocycles. The Hall–Kier alpha value is -3.91. The zero-order chi connectivity index (χ0) is 33.9. The van der Waals surface area contributed by atoms with Crippen LogP contribution in [0.2, 0.25) is 5.02 Å². The van der Waals surface area contributed by atoms with Crippen LogP contribution in [0.4, 0.5) is 16.2 Å². The van der Waals surface area contributed by atoms with Crippen LogP contribution in [-0.2, 0) is 16.0 Å². The fraction of sp³-hybridized carbons (Fsp3) is 0.474. The van der Waals surface area contributed by atoms with Crippen LogP contribution in [0.25, 0.3) is 0 Å². The maximum absolute atomic E-state index is 13.9. The third kappa shape index (κ3) is 8.33. The summed E-state index contributed by atoms with van der Waals surface area (Å²) >= 11 is 6.27. The predicted molar refractivity (Wildman–Crippen MR) is 188 cm³/mol. The van der Waals surface area contributed by atoms with Gasteiger partial charge in [0.1, 0.15) is 5.60 Å². The summed E-state index contributed by atoms with van der Waals surface area (Å²) in [5.74, 6) is 1.84. The lowest BCUT2D eigenvalue weighted by Crippen LogP contribution is -2.42. The molecular weight excluding hydrogens is 614 g/mol. The third-order valence-electron chi connectivity index (χ3n) is 8.84. The van der Waals surface area contributed by atoms with E-state index in [-0.39, 0.29) is 30.6 Å². The number of nitrogens with zero attached hydrogens (tertiary/aromatic N) is 3. The van der Waals surface area contributed by atoms with E-state index >= 15 is 0 Å². The van der Waals surface area contributed by atoms with Gasteiger partial charge in [-0.25, -0.2) is 4.79 Å². The monoisotopic (exact) mass is 661 g/mol. The Morgan fingerprint density at radius 1 is 1.00 bits per heavy atom. The predicted octanol–water partition coefficient (Wildman–Crippen LogP) is 8.29. The summed E-state index contributed by atoms with van der Waals surface area (Å²) in [5.41, 5.74) is 4.33. The number of halogens is 1. The molecule has 2 heterocycles. The number of hydrogen-bond donors (Lipinski definition) is 0. The van der Waals surface area contributed by atoms with Crippen molar-refractivity contribution < 1.29 is 23.8 Å². The average molecular weight is 662 g/mol. The summed E-state index contributed by atoms with van der Waals surface area (Å²) < 4.78 is 17.3. The summed E-state index contributed by atoms with van der Waals surface area (Å²) in [6.07, 6.45) is 3.01. The number of likely N-dealkylation sites (tertiary alicyclic amines) is 1. The molecule has 0 bridgehead atoms. The molecular formula is C38H48ClN3O5. The van der Waals surface area contributed by atoms with Crippen molar-refractivity contribution in [1.82, 2.24) is 4.90 Å². The molecule has 1 saturated heterocycles. The quantitative estimate of drug-likeness (QED) is 0.230. The molecule has 2 aliphatic rings. The highest BCUT2D eigenvalue weighted by atomic mass is 35.5. The first-order chi connectivity index (χ1) is 22.3. The first kappa shape index (κ1) is 34.4. The summed E-state index contributed by atoms with van der Waals surface area (Å²) in [7, 11) is 3.73. The summed E-state index contributed by atoms with van der Waals surface area (Å²) in [6.45, 7) is 12.0. The van der Waals surface area contributed by atoms with Gasteiger partial charge in [-0.3, -0.25) is 4.79 Å². The van der Waals surface area contributed by atoms with Crippen molar-refractivity contribution >= 4 is 35.0 Å². The van der Waals surface area contributed by atoms with Gasteiger partial charge in [-0.2, -0.15) is 0 Å². The van der Waals surface area contributed by atoms with E-state index in [1.807, 2.05) is 92.9 Å². The second kappa shape index (κ2) is 14.5. The molecule has 1 fully saturated rings. The second-order valence-corrected chi connectivity index (χ2v) is 14.3. The summed E-state index contributed by atoms with van der Waals surface area (Å²) in [5, 5.41) is 0.641. The lowest BCUT2D eigenvalue weighted by Gasteiger charge is -2.38. The number of carbonyl (C=O) groups is 2. The van der Waals surface area contributed by atoms with Gasteiger partial charge in [0.05, 0.1) is 25.7 Å². The molecule has 47 heavy (non-hydrogen) atoms. The van der Waals surface area contributed by atoms with Crippen molar-refractivity contribution in [1.29, 1.82) is 0 Å². The highest BCUT2D eigenvalue weighted by Crippen LogP contribution is 2.44. The molecule has 9 heteroatoms. The number of anilines is 2. The number of ether oxygens (including phenoxy) is 3. The van der Waals surface area contributed by atoms with Gasteiger partial charge in [-0.15, -0.1) is 0 Å². The van der Waals surface area contributed by atoms with Crippen molar-refractivity contribution in [3.63, 3.8) is 0 Å². The smallest absolute Gasteiger partial charge is 0.410 e. The number of amides is 2. The molecule has 2 aliphatic heterocycles. The molecule has 0 unspecified atom stereocenters. The van der Waals surface area contributed by atoms with Crippen LogP contribution < -0.4 is 19.3 Å². The molecule has 0 aromatic heterocycles. The molecule has 3 aromatic rings. The van der Waals surface area contributed by atoms with Gasteiger partial charge in [-0.1, -0.05) is 23.7 Å². The zero-order valence-corrected chi connectivity index (χ0v) is 29.5. The van der Waals surface area contributed by atoms with E-state index in [9.17, 15) is 9.59 Å². The summed E-state index contributed by atoms with van der Waals surface area (Å²) in [6, 6.07) is 19.5. The third-order valence-corrected chi connectivity index (χ3v) is 9.10. The number of benzene rings is 3. The van der Waals surface area contributed by atoms with E-state index in [2.05, 4.69) is 24.1 Å². The van der Waals surface area contributed by atoms with Crippen molar-refractivity contribution in [3.8, 4) is 11.5 Å². The number of methoxy groups -OCH3 is 1. The molecule has 1 atom stereocenters. The number of fused-ring (bicyclic) bond motifs is 1. The number of piperidine rings is 1. The Bertz CT molecular complexity index is 1540. The van der Waals surface area contributed by atoms with E-state index in [4.69, 9.17) is 25.8 Å². The molecule has 0 spiro atoms. The van der Waals surface area contributed by atoms with Crippen molar-refractivity contribution in [3.05, 3.63) is 82.4 Å². The van der Waals surface area contributed by atoms with E-state index in [0.29, 0.717) is 22.4 Å². The van der Waals surface area contributed by atoms with Crippen LogP contribution >= 0.6 is 11.6 Å². The van der Waals surface area contributed by atoms with Crippen molar-refractivity contribution in [2.24, 2.45) is 5.92 Å². The van der Waals surface area contributed by atoms with E-state index in [0.717, 1.165) is 67.0 Å². The van der Waals surface area contributed by atoms with Crippen LogP contribution in [0.1, 0.15) is 76.6 Å². The Kier molecular flexibility index (Phi) is 10.6. The molecule has 0 aliphatic carbocycles. The van der Waals surface area contributed by atoms with Gasteiger partial charge in [0, 0.05) is 43.1 Å². The minimum Gasteiger partial charge on any atom is -0.493 e. The zero-order valence-electron chi connectivity index (χ0n) is 28.7. The molecule has 3 aromatic carbocycles. The van der Waals surface area contributed by atoms with Crippen LogP contribution in [0.3, 0.4) is 0 Å². The van der Waals surface area contributed by atoms with Gasteiger partial charge >= 0.3 is 6.09 Å². The molecule has 0 N–H and O–H groups in total. The van der Waals surface area contributed by atoms with Crippen LogP contribution in [0.15, 0.2) is 60.7 Å². The Morgan fingerprint density at radius 2 is 1.66 bits per heavy atom. The minimum absolute atomic E-state index is 0.0101. The maximum atomic E-state index is 13.9. The van der Waals surface area contributed by atoms with Crippen molar-refractivity contribution in [2.75, 3.05) is 43.6 Å². The molecule has 5 rings (SSSR count). The van der Waals surface area contributed by atoms with E-state index in [1.54, 1.807) is 7.11 Å². The molecule has 8 nitrogen and oxygen atoms in total. The Labute approximate surface area is 284 Å². The fourth-order valence-electron chi connectivity index (χ4n) is 6.43. The number of hydrogen-bond acceptors (Lipinski definition) is 6. The van der Waals surface area contributed by atoms with Crippen LogP contribution in [0, 0.1) is 5.92 Å². The van der Waals surface area contributed by atoms with Crippen LogP contribution in [-0.4, -0.2) is 62.4 Å². The first-order valence-corrected chi connectivity index (χ1v) is 16.9. The summed E-state index contributed by atoms with van der Waals surface area (Å²) in [4.78, 5) is 32.3. The highest BCUT2D eigenvalue weighted by molar-refractivity contribution is 6.30. The highest BCUT2D eigenvalue weighted by Gasteiger charge is 2.36. The van der Waals surface area contributed by atoms with E-state index in [1.165, 1.54) is 0 Å². The fourth-order valence-corrected chi connectivity index (χ4v) is 6.56. The normalized spacial score (nSPS) is 17.0. The number of carbonyl (C=O) groups excluding carboxylic acids is 2. The molecule has 2 amide bonds. The second-order valence-electron chi connectivity index (χ2n) is 13.9. The van der Waals surface area contributed by atoms with Gasteiger partial charge in [0.25, 0.3) is 0 Å². The lowest BCUT2D eigenvalue weighted by atomic mass is 9.86. The maximum Gasteiger partial charge on any atom is 0.410 e. The Morgan fingerprint density at radius 3 is 2.26 bits per heavy atom. The van der Waals surface area contributed by atoms with Crippen molar-refractivity contribution in [2.45, 2.75) is 78.0 Å². The largest absolute Gasteiger partial charge is 0.493 e. The van der Waals surface area contributed by atoms with Gasteiger partial charge in [0.2, 0.25) is 5.91 Å². The molecule has 0 radical (unpaired) electrons. The SMILES string of the molecule is COc1cc2c(cc1OC(C)C)[C@H](c1ccc(Cl)cc1)N(c1ccc(N(C)CCC3CCN(C(=O)OC(C)(C)C)CC3)cc1)C(=O)C2. The van der Waals surface area contributed by atoms with Gasteiger partial charge in [0.15, 0.2) is 11.5 Å². The topological polar surface area (TPSA) is 71.6 Å². The standard InChI is InChI=1S/C38H48ClN3O5/c1-25(2)46-34-24-32-28(22-33(34)45-7)23-35(43)42(36(32)27-8-10-29(39)11-9-27)31-14-12-30(13-15-31)40(6)19-16-26-17-20-41(21-18-26)37(44)47-38(3,4)5/h8-15,22,24-26,36H,16-21,23H2,1-7H3/t36-/m0/s1. The molecule has 252 valence electrons. The van der Waals surface area contributed by atoms with Gasteiger partial charge in [-0.05, 0) is 125 Å². The Balaban J connectivity index is 1.32. The van der Waals surface area contributed by atoms with Crippen LogP contribution in [0.5, 0.6) is 11.5 Å².